The summed E-state index contributed by atoms with van der Waals surface area (Å²) >= 11 is 5.91. The molecule has 0 aliphatic carbocycles. The van der Waals surface area contributed by atoms with Crippen molar-refractivity contribution in [2.75, 3.05) is 6.54 Å². The standard InChI is InChI=1S/C12H12ClN3O3S/c13-9-4-3-8(7-14)6-11(9)20(18,19)16-5-1-2-10(16)12(15)17/h3-4,6,10H,1-2,5H2,(H2,15,17). The normalized spacial score (nSPS) is 19.7. The van der Waals surface area contributed by atoms with Crippen LogP contribution in [0.5, 0.6) is 0 Å². The van der Waals surface area contributed by atoms with Crippen molar-refractivity contribution in [2.24, 2.45) is 5.73 Å². The molecule has 1 heterocycles. The molecule has 1 amide bonds. The third-order valence-corrected chi connectivity index (χ3v) is 5.57. The zero-order valence-corrected chi connectivity index (χ0v) is 12.0. The van der Waals surface area contributed by atoms with Gasteiger partial charge in [-0.3, -0.25) is 4.79 Å². The van der Waals surface area contributed by atoms with E-state index in [4.69, 9.17) is 22.6 Å². The smallest absolute Gasteiger partial charge is 0.245 e. The molecule has 0 radical (unpaired) electrons. The van der Waals surface area contributed by atoms with Gasteiger partial charge in [0.15, 0.2) is 0 Å². The van der Waals surface area contributed by atoms with E-state index < -0.39 is 22.0 Å². The Bertz CT molecular complexity index is 696. The van der Waals surface area contributed by atoms with Gasteiger partial charge in [0.25, 0.3) is 0 Å². The summed E-state index contributed by atoms with van der Waals surface area (Å²) in [6.45, 7) is 0.211. The van der Waals surface area contributed by atoms with E-state index in [1.54, 1.807) is 0 Å². The van der Waals surface area contributed by atoms with E-state index >= 15 is 0 Å². The Morgan fingerprint density at radius 2 is 2.20 bits per heavy atom. The maximum atomic E-state index is 12.6. The summed E-state index contributed by atoms with van der Waals surface area (Å²) in [7, 11) is -3.95. The molecule has 6 nitrogen and oxygen atoms in total. The Morgan fingerprint density at radius 1 is 1.50 bits per heavy atom. The highest BCUT2D eigenvalue weighted by atomic mass is 35.5. The van der Waals surface area contributed by atoms with Gasteiger partial charge in [-0.2, -0.15) is 9.57 Å². The molecule has 2 N–H and O–H groups in total. The van der Waals surface area contributed by atoms with Gasteiger partial charge >= 0.3 is 0 Å². The Kier molecular flexibility index (Phi) is 3.99. The van der Waals surface area contributed by atoms with E-state index in [1.807, 2.05) is 6.07 Å². The molecule has 1 aromatic carbocycles. The second-order valence-electron chi connectivity index (χ2n) is 4.43. The van der Waals surface area contributed by atoms with Gasteiger partial charge in [-0.15, -0.1) is 0 Å². The summed E-state index contributed by atoms with van der Waals surface area (Å²) < 4.78 is 26.2. The number of sulfonamides is 1. The van der Waals surface area contributed by atoms with Crippen LogP contribution in [0.4, 0.5) is 0 Å². The highest BCUT2D eigenvalue weighted by Crippen LogP contribution is 2.30. The van der Waals surface area contributed by atoms with E-state index in [2.05, 4.69) is 0 Å². The average molecular weight is 314 g/mol. The van der Waals surface area contributed by atoms with Crippen LogP contribution in [0.3, 0.4) is 0 Å². The van der Waals surface area contributed by atoms with Crippen molar-refractivity contribution in [3.63, 3.8) is 0 Å². The number of carbonyl (C=O) groups excluding carboxylic acids is 1. The first-order valence-corrected chi connectivity index (χ1v) is 7.70. The molecular weight excluding hydrogens is 302 g/mol. The van der Waals surface area contributed by atoms with Crippen LogP contribution in [0.25, 0.3) is 0 Å². The molecule has 1 aliphatic heterocycles. The Hall–Kier alpha value is -1.62. The predicted molar refractivity (Wildman–Crippen MR) is 72.3 cm³/mol. The van der Waals surface area contributed by atoms with Crippen molar-refractivity contribution in [3.05, 3.63) is 28.8 Å². The summed E-state index contributed by atoms with van der Waals surface area (Å²) in [5.74, 6) is -0.682. The first-order chi connectivity index (χ1) is 9.37. The predicted octanol–water partition coefficient (Wildman–Crippen LogP) is 0.850. The molecule has 8 heteroatoms. The maximum absolute atomic E-state index is 12.6. The lowest BCUT2D eigenvalue weighted by Crippen LogP contribution is -2.43. The van der Waals surface area contributed by atoms with Crippen molar-refractivity contribution in [1.29, 1.82) is 5.26 Å². The molecule has 20 heavy (non-hydrogen) atoms. The monoisotopic (exact) mass is 313 g/mol. The lowest BCUT2D eigenvalue weighted by Gasteiger charge is -2.22. The molecule has 1 unspecified atom stereocenters. The molecule has 0 spiro atoms. The molecule has 1 aromatic rings. The highest BCUT2D eigenvalue weighted by Gasteiger charge is 2.39. The number of rotatable bonds is 3. The lowest BCUT2D eigenvalue weighted by atomic mass is 10.2. The van der Waals surface area contributed by atoms with Crippen LogP contribution in [0.1, 0.15) is 18.4 Å². The molecule has 1 atom stereocenters. The minimum atomic E-state index is -3.95. The van der Waals surface area contributed by atoms with E-state index in [0.29, 0.717) is 12.8 Å². The van der Waals surface area contributed by atoms with Crippen LogP contribution in [-0.2, 0) is 14.8 Å². The second-order valence-corrected chi connectivity index (χ2v) is 6.70. The molecular formula is C12H12ClN3O3S. The van der Waals surface area contributed by atoms with Crippen molar-refractivity contribution < 1.29 is 13.2 Å². The zero-order valence-electron chi connectivity index (χ0n) is 10.4. The minimum absolute atomic E-state index is 0.0131. The number of primary amides is 1. The first-order valence-electron chi connectivity index (χ1n) is 5.88. The summed E-state index contributed by atoms with van der Waals surface area (Å²) in [5.41, 5.74) is 5.41. The van der Waals surface area contributed by atoms with Gasteiger partial charge in [0.1, 0.15) is 10.9 Å². The van der Waals surface area contributed by atoms with Crippen LogP contribution in [-0.4, -0.2) is 31.2 Å². The van der Waals surface area contributed by atoms with Gasteiger partial charge in [0, 0.05) is 6.54 Å². The Balaban J connectivity index is 2.51. The van der Waals surface area contributed by atoms with Crippen LogP contribution < -0.4 is 5.73 Å². The molecule has 1 fully saturated rings. The molecule has 0 aromatic heterocycles. The number of nitrogens with zero attached hydrogens (tertiary/aromatic N) is 2. The molecule has 0 saturated carbocycles. The fraction of sp³-hybridized carbons (Fsp3) is 0.333. The van der Waals surface area contributed by atoms with Crippen LogP contribution in [0.15, 0.2) is 23.1 Å². The fourth-order valence-electron chi connectivity index (χ4n) is 2.21. The van der Waals surface area contributed by atoms with Gasteiger partial charge in [0.2, 0.25) is 15.9 Å². The van der Waals surface area contributed by atoms with Crippen molar-refractivity contribution >= 4 is 27.5 Å². The molecule has 2 rings (SSSR count). The third kappa shape index (κ3) is 2.50. The van der Waals surface area contributed by atoms with E-state index in [-0.39, 0.29) is 22.0 Å². The quantitative estimate of drug-likeness (QED) is 0.893. The van der Waals surface area contributed by atoms with E-state index in [9.17, 15) is 13.2 Å². The van der Waals surface area contributed by atoms with Crippen molar-refractivity contribution in [2.45, 2.75) is 23.8 Å². The number of hydrogen-bond donors (Lipinski definition) is 1. The largest absolute Gasteiger partial charge is 0.368 e. The summed E-state index contributed by atoms with van der Waals surface area (Å²) in [6, 6.07) is 4.98. The molecule has 0 bridgehead atoms. The zero-order chi connectivity index (χ0) is 14.9. The van der Waals surface area contributed by atoms with Crippen molar-refractivity contribution in [3.8, 4) is 6.07 Å². The average Bonchev–Trinajstić information content (AvgIpc) is 2.89. The van der Waals surface area contributed by atoms with E-state index in [0.717, 1.165) is 4.31 Å². The highest BCUT2D eigenvalue weighted by molar-refractivity contribution is 7.89. The lowest BCUT2D eigenvalue weighted by molar-refractivity contribution is -0.121. The Labute approximate surface area is 121 Å². The fourth-order valence-corrected chi connectivity index (χ4v) is 4.38. The SMILES string of the molecule is N#Cc1ccc(Cl)c(S(=O)(=O)N2CCCC2C(N)=O)c1. The summed E-state index contributed by atoms with van der Waals surface area (Å²) in [4.78, 5) is 11.2. The summed E-state index contributed by atoms with van der Waals surface area (Å²) in [6.07, 6.45) is 0.951. The minimum Gasteiger partial charge on any atom is -0.368 e. The number of carbonyl (C=O) groups is 1. The number of benzene rings is 1. The van der Waals surface area contributed by atoms with E-state index in [1.165, 1.54) is 18.2 Å². The third-order valence-electron chi connectivity index (χ3n) is 3.18. The van der Waals surface area contributed by atoms with Gasteiger partial charge in [-0.1, -0.05) is 11.6 Å². The van der Waals surface area contributed by atoms with Gasteiger partial charge < -0.3 is 5.73 Å². The Morgan fingerprint density at radius 3 is 2.80 bits per heavy atom. The van der Waals surface area contributed by atoms with Crippen LogP contribution in [0, 0.1) is 11.3 Å². The topological polar surface area (TPSA) is 104 Å². The maximum Gasteiger partial charge on any atom is 0.245 e. The van der Waals surface area contributed by atoms with Gasteiger partial charge in [-0.05, 0) is 31.0 Å². The second kappa shape index (κ2) is 5.40. The van der Waals surface area contributed by atoms with Crippen LogP contribution >= 0.6 is 11.6 Å². The molecule has 1 aliphatic rings. The number of halogens is 1. The molecule has 1 saturated heterocycles. The number of nitriles is 1. The van der Waals surface area contributed by atoms with Gasteiger partial charge in [0.05, 0.1) is 16.7 Å². The number of amides is 1. The molecule has 106 valence electrons. The number of nitrogens with two attached hydrogens (primary N) is 1. The summed E-state index contributed by atoms with van der Waals surface area (Å²) in [5, 5.41) is 8.86. The number of hydrogen-bond acceptors (Lipinski definition) is 4. The van der Waals surface area contributed by atoms with Crippen LogP contribution in [0.2, 0.25) is 5.02 Å². The van der Waals surface area contributed by atoms with Gasteiger partial charge in [-0.25, -0.2) is 8.42 Å². The first kappa shape index (κ1) is 14.8. The van der Waals surface area contributed by atoms with Crippen molar-refractivity contribution in [1.82, 2.24) is 4.31 Å².